The lowest BCUT2D eigenvalue weighted by atomic mass is 10.2. The number of aliphatic hydroxyl groups is 1. The second-order valence-electron chi connectivity index (χ2n) is 5.41. The highest BCUT2D eigenvalue weighted by molar-refractivity contribution is 5.99. The number of nitrogens with zero attached hydrogens (tertiary/aromatic N) is 2. The smallest absolute Gasteiger partial charge is 0.329 e. The number of carbonyl (C=O) groups is 1. The zero-order chi connectivity index (χ0) is 16.1. The van der Waals surface area contributed by atoms with Gasteiger partial charge in [-0.2, -0.15) is 0 Å². The molecule has 3 rings (SSSR count). The zero-order valence-electron chi connectivity index (χ0n) is 12.8. The molecular formula is C18H20N2O3. The molecule has 5 heteroatoms. The summed E-state index contributed by atoms with van der Waals surface area (Å²) in [6, 6.07) is 19.0. The van der Waals surface area contributed by atoms with Gasteiger partial charge in [0.15, 0.2) is 0 Å². The minimum absolute atomic E-state index is 0.0829. The average molecular weight is 312 g/mol. The highest BCUT2D eigenvalue weighted by atomic mass is 16.5. The Kier molecular flexibility index (Phi) is 4.90. The van der Waals surface area contributed by atoms with Crippen LogP contribution in [0.2, 0.25) is 0 Å². The highest BCUT2D eigenvalue weighted by Crippen LogP contribution is 2.27. The second kappa shape index (κ2) is 7.26. The van der Waals surface area contributed by atoms with Crippen LogP contribution < -0.4 is 4.90 Å². The Hall–Kier alpha value is -2.37. The van der Waals surface area contributed by atoms with E-state index < -0.39 is 0 Å². The molecule has 0 spiro atoms. The molecule has 5 nitrogen and oxygen atoms in total. The van der Waals surface area contributed by atoms with E-state index in [-0.39, 0.29) is 18.7 Å². The number of rotatable bonds is 3. The van der Waals surface area contributed by atoms with E-state index in [1.165, 1.54) is 0 Å². The first-order valence-corrected chi connectivity index (χ1v) is 7.71. The van der Waals surface area contributed by atoms with Gasteiger partial charge in [0.05, 0.1) is 37.2 Å². The van der Waals surface area contributed by atoms with Crippen molar-refractivity contribution in [1.82, 2.24) is 4.90 Å². The van der Waals surface area contributed by atoms with E-state index in [0.717, 1.165) is 11.4 Å². The number of para-hydroxylation sites is 2. The maximum absolute atomic E-state index is 13.1. The quantitative estimate of drug-likeness (QED) is 0.948. The third-order valence-electron chi connectivity index (χ3n) is 3.83. The van der Waals surface area contributed by atoms with Gasteiger partial charge in [0, 0.05) is 6.54 Å². The fourth-order valence-corrected chi connectivity index (χ4v) is 2.67. The maximum atomic E-state index is 13.1. The number of morpholine rings is 1. The molecular weight excluding hydrogens is 292 g/mol. The molecule has 1 aliphatic heterocycles. The van der Waals surface area contributed by atoms with E-state index in [2.05, 4.69) is 0 Å². The van der Waals surface area contributed by atoms with Crippen molar-refractivity contribution in [1.29, 1.82) is 0 Å². The second-order valence-corrected chi connectivity index (χ2v) is 5.41. The molecule has 0 bridgehead atoms. The van der Waals surface area contributed by atoms with Crippen LogP contribution in [0.1, 0.15) is 0 Å². The summed E-state index contributed by atoms with van der Waals surface area (Å²) in [7, 11) is 0. The molecule has 0 saturated carbocycles. The number of carbonyl (C=O) groups excluding carboxylic acids is 1. The summed E-state index contributed by atoms with van der Waals surface area (Å²) in [6.45, 7) is 1.27. The van der Waals surface area contributed by atoms with E-state index in [1.54, 1.807) is 9.80 Å². The standard InChI is InChI=1S/C18H20N2O3/c21-14-17-13-19(11-12-23-17)18(22)20(15-7-3-1-4-8-15)16-9-5-2-6-10-16/h1-10,17,21H,11-14H2. The third kappa shape index (κ3) is 3.52. The van der Waals surface area contributed by atoms with Gasteiger partial charge in [0.1, 0.15) is 0 Å². The minimum atomic E-state index is -0.318. The van der Waals surface area contributed by atoms with Crippen molar-refractivity contribution in [2.75, 3.05) is 31.2 Å². The molecule has 0 radical (unpaired) electrons. The normalized spacial score (nSPS) is 17.8. The first-order chi connectivity index (χ1) is 11.3. The number of aliphatic hydroxyl groups excluding tert-OH is 1. The number of anilines is 2. The van der Waals surface area contributed by atoms with Crippen molar-refractivity contribution in [2.24, 2.45) is 0 Å². The maximum Gasteiger partial charge on any atom is 0.329 e. The molecule has 23 heavy (non-hydrogen) atoms. The molecule has 1 heterocycles. The molecule has 0 aromatic heterocycles. The largest absolute Gasteiger partial charge is 0.394 e. The van der Waals surface area contributed by atoms with Gasteiger partial charge in [-0.3, -0.25) is 4.90 Å². The van der Waals surface area contributed by atoms with Crippen LogP contribution in [0, 0.1) is 0 Å². The van der Waals surface area contributed by atoms with Crippen LogP contribution in [0.4, 0.5) is 16.2 Å². The van der Waals surface area contributed by atoms with Crippen LogP contribution in [0.25, 0.3) is 0 Å². The van der Waals surface area contributed by atoms with Gasteiger partial charge in [0.25, 0.3) is 0 Å². The van der Waals surface area contributed by atoms with Crippen LogP contribution in [-0.4, -0.2) is 48.4 Å². The number of benzene rings is 2. The Morgan fingerprint density at radius 3 is 2.17 bits per heavy atom. The summed E-state index contributed by atoms with van der Waals surface area (Å²) in [5, 5.41) is 9.29. The predicted molar refractivity (Wildman–Crippen MR) is 88.8 cm³/mol. The summed E-state index contributed by atoms with van der Waals surface area (Å²) < 4.78 is 5.44. The molecule has 2 aromatic rings. The first kappa shape index (κ1) is 15.5. The lowest BCUT2D eigenvalue weighted by molar-refractivity contribution is -0.0393. The molecule has 1 N–H and O–H groups in total. The minimum Gasteiger partial charge on any atom is -0.394 e. The Bertz CT molecular complexity index is 594. The average Bonchev–Trinajstić information content (AvgIpc) is 2.64. The molecule has 2 aromatic carbocycles. The molecule has 120 valence electrons. The first-order valence-electron chi connectivity index (χ1n) is 7.71. The Balaban J connectivity index is 1.91. The van der Waals surface area contributed by atoms with Crippen LogP contribution >= 0.6 is 0 Å². The predicted octanol–water partition coefficient (Wildman–Crippen LogP) is 2.64. The number of ether oxygens (including phenoxy) is 1. The van der Waals surface area contributed by atoms with Gasteiger partial charge < -0.3 is 14.7 Å². The molecule has 1 saturated heterocycles. The van der Waals surface area contributed by atoms with Gasteiger partial charge in [-0.15, -0.1) is 0 Å². The summed E-state index contributed by atoms with van der Waals surface area (Å²) in [5.41, 5.74) is 1.63. The number of hydrogen-bond donors (Lipinski definition) is 1. The van der Waals surface area contributed by atoms with E-state index in [1.807, 2.05) is 60.7 Å². The third-order valence-corrected chi connectivity index (χ3v) is 3.83. The molecule has 0 aliphatic carbocycles. The molecule has 2 amide bonds. The van der Waals surface area contributed by atoms with Crippen molar-refractivity contribution in [2.45, 2.75) is 6.10 Å². The molecule has 1 atom stereocenters. The van der Waals surface area contributed by atoms with Gasteiger partial charge in [0.2, 0.25) is 0 Å². The van der Waals surface area contributed by atoms with E-state index >= 15 is 0 Å². The molecule has 1 fully saturated rings. The Morgan fingerprint density at radius 2 is 1.65 bits per heavy atom. The lowest BCUT2D eigenvalue weighted by Crippen LogP contribution is -2.50. The van der Waals surface area contributed by atoms with Crippen molar-refractivity contribution in [3.63, 3.8) is 0 Å². The zero-order valence-corrected chi connectivity index (χ0v) is 12.8. The fourth-order valence-electron chi connectivity index (χ4n) is 2.67. The van der Waals surface area contributed by atoms with Gasteiger partial charge >= 0.3 is 6.03 Å². The van der Waals surface area contributed by atoms with Crippen LogP contribution in [0.5, 0.6) is 0 Å². The highest BCUT2D eigenvalue weighted by Gasteiger charge is 2.28. The van der Waals surface area contributed by atoms with Crippen molar-refractivity contribution >= 4 is 17.4 Å². The number of amides is 2. The van der Waals surface area contributed by atoms with E-state index in [9.17, 15) is 9.90 Å². The monoisotopic (exact) mass is 312 g/mol. The van der Waals surface area contributed by atoms with Crippen LogP contribution in [-0.2, 0) is 4.74 Å². The van der Waals surface area contributed by atoms with E-state index in [4.69, 9.17) is 4.74 Å². The topological polar surface area (TPSA) is 53.0 Å². The molecule has 1 aliphatic rings. The summed E-state index contributed by atoms with van der Waals surface area (Å²) in [6.07, 6.45) is -0.318. The lowest BCUT2D eigenvalue weighted by Gasteiger charge is -2.36. The molecule has 1 unspecified atom stereocenters. The summed E-state index contributed by atoms with van der Waals surface area (Å²) >= 11 is 0. The SMILES string of the molecule is O=C(N1CCOC(CO)C1)N(c1ccccc1)c1ccccc1. The Morgan fingerprint density at radius 1 is 1.09 bits per heavy atom. The van der Waals surface area contributed by atoms with Crippen molar-refractivity contribution < 1.29 is 14.6 Å². The summed E-state index contributed by atoms with van der Waals surface area (Å²) in [5.74, 6) is 0. The Labute approximate surface area is 135 Å². The fraction of sp³-hybridized carbons (Fsp3) is 0.278. The van der Waals surface area contributed by atoms with Gasteiger partial charge in [-0.25, -0.2) is 4.79 Å². The number of urea groups is 1. The van der Waals surface area contributed by atoms with Gasteiger partial charge in [-0.1, -0.05) is 36.4 Å². The van der Waals surface area contributed by atoms with Gasteiger partial charge in [-0.05, 0) is 24.3 Å². The van der Waals surface area contributed by atoms with E-state index in [0.29, 0.717) is 19.7 Å². The van der Waals surface area contributed by atoms with Crippen molar-refractivity contribution in [3.05, 3.63) is 60.7 Å². The van der Waals surface area contributed by atoms with Crippen LogP contribution in [0.15, 0.2) is 60.7 Å². The van der Waals surface area contributed by atoms with Crippen LogP contribution in [0.3, 0.4) is 0 Å². The summed E-state index contributed by atoms with van der Waals surface area (Å²) in [4.78, 5) is 16.5. The number of hydrogen-bond acceptors (Lipinski definition) is 3. The van der Waals surface area contributed by atoms with Crippen molar-refractivity contribution in [3.8, 4) is 0 Å².